The van der Waals surface area contributed by atoms with Crippen LogP contribution in [0.5, 0.6) is 0 Å². The number of hydrogen-bond donors (Lipinski definition) is 0. The van der Waals surface area contributed by atoms with Crippen molar-refractivity contribution < 1.29 is 4.79 Å². The summed E-state index contributed by atoms with van der Waals surface area (Å²) in [5.74, 6) is 1.32. The van der Waals surface area contributed by atoms with Crippen LogP contribution >= 0.6 is 0 Å². The zero-order chi connectivity index (χ0) is 16.0. The molecule has 130 valence electrons. The van der Waals surface area contributed by atoms with Crippen molar-refractivity contribution in [2.45, 2.75) is 104 Å². The molecule has 1 rings (SSSR count). The highest BCUT2D eigenvalue weighted by Gasteiger charge is 2.16. The fourth-order valence-corrected chi connectivity index (χ4v) is 3.34. The quantitative estimate of drug-likeness (QED) is 0.385. The number of carbonyl (C=O) groups excluding carboxylic acids is 1. The molecule has 1 amide bonds. The fraction of sp³-hybridized carbons (Fsp3) is 0.950. The Morgan fingerprint density at radius 2 is 1.36 bits per heavy atom. The average Bonchev–Trinajstić information content (AvgIpc) is 3.06. The first-order valence-electron chi connectivity index (χ1n) is 10.0. The van der Waals surface area contributed by atoms with E-state index in [4.69, 9.17) is 0 Å². The van der Waals surface area contributed by atoms with Crippen molar-refractivity contribution in [2.24, 2.45) is 5.92 Å². The van der Waals surface area contributed by atoms with E-state index >= 15 is 0 Å². The Kier molecular flexibility index (Phi) is 11.5. The maximum Gasteiger partial charge on any atom is 0.222 e. The summed E-state index contributed by atoms with van der Waals surface area (Å²) in [7, 11) is 0. The molecule has 1 saturated heterocycles. The SMILES string of the molecule is CCC(C)CCCCCCCCCCCC(=O)N1CCCC1. The number of carbonyl (C=O) groups is 1. The van der Waals surface area contributed by atoms with Crippen LogP contribution in [0.1, 0.15) is 104 Å². The summed E-state index contributed by atoms with van der Waals surface area (Å²) in [6.07, 6.45) is 18.1. The van der Waals surface area contributed by atoms with E-state index < -0.39 is 0 Å². The van der Waals surface area contributed by atoms with Gasteiger partial charge in [0.25, 0.3) is 0 Å². The fourth-order valence-electron chi connectivity index (χ4n) is 3.34. The van der Waals surface area contributed by atoms with Crippen LogP contribution in [-0.4, -0.2) is 23.9 Å². The molecule has 0 aromatic heterocycles. The lowest BCUT2D eigenvalue weighted by Gasteiger charge is -2.14. The van der Waals surface area contributed by atoms with Gasteiger partial charge < -0.3 is 4.90 Å². The second kappa shape index (κ2) is 13.0. The van der Waals surface area contributed by atoms with Crippen molar-refractivity contribution in [1.82, 2.24) is 4.90 Å². The predicted molar refractivity (Wildman–Crippen MR) is 96.1 cm³/mol. The van der Waals surface area contributed by atoms with Crippen molar-refractivity contribution in [3.8, 4) is 0 Å². The van der Waals surface area contributed by atoms with Gasteiger partial charge in [-0.3, -0.25) is 4.79 Å². The molecule has 0 saturated carbocycles. The second-order valence-electron chi connectivity index (χ2n) is 7.32. The molecule has 2 heteroatoms. The molecule has 0 N–H and O–H groups in total. The first-order valence-corrected chi connectivity index (χ1v) is 10.0. The number of likely N-dealkylation sites (tertiary alicyclic amines) is 1. The number of hydrogen-bond acceptors (Lipinski definition) is 1. The Labute approximate surface area is 139 Å². The molecule has 0 aromatic rings. The van der Waals surface area contributed by atoms with Gasteiger partial charge >= 0.3 is 0 Å². The van der Waals surface area contributed by atoms with Gasteiger partial charge in [-0.25, -0.2) is 0 Å². The van der Waals surface area contributed by atoms with E-state index in [1.807, 2.05) is 0 Å². The topological polar surface area (TPSA) is 20.3 Å². The van der Waals surface area contributed by atoms with Gasteiger partial charge in [0.05, 0.1) is 0 Å². The third-order valence-electron chi connectivity index (χ3n) is 5.24. The van der Waals surface area contributed by atoms with Gasteiger partial charge in [-0.15, -0.1) is 0 Å². The van der Waals surface area contributed by atoms with Crippen molar-refractivity contribution in [1.29, 1.82) is 0 Å². The Hall–Kier alpha value is -0.530. The molecule has 22 heavy (non-hydrogen) atoms. The second-order valence-corrected chi connectivity index (χ2v) is 7.32. The Morgan fingerprint density at radius 1 is 0.864 bits per heavy atom. The summed E-state index contributed by atoms with van der Waals surface area (Å²) in [4.78, 5) is 13.9. The monoisotopic (exact) mass is 309 g/mol. The summed E-state index contributed by atoms with van der Waals surface area (Å²) in [6.45, 7) is 6.68. The highest BCUT2D eigenvalue weighted by atomic mass is 16.2. The number of nitrogens with zero attached hydrogens (tertiary/aromatic N) is 1. The highest BCUT2D eigenvalue weighted by molar-refractivity contribution is 5.76. The van der Waals surface area contributed by atoms with Crippen molar-refractivity contribution in [2.75, 3.05) is 13.1 Å². The van der Waals surface area contributed by atoms with Crippen LogP contribution < -0.4 is 0 Å². The molecule has 1 unspecified atom stereocenters. The smallest absolute Gasteiger partial charge is 0.222 e. The van der Waals surface area contributed by atoms with Crippen molar-refractivity contribution in [3.05, 3.63) is 0 Å². The lowest BCUT2D eigenvalue weighted by molar-refractivity contribution is -0.130. The minimum absolute atomic E-state index is 0.402. The standard InChI is InChI=1S/C20H39NO/c1-3-19(2)15-11-9-7-5-4-6-8-10-12-16-20(22)21-17-13-14-18-21/h19H,3-18H2,1-2H3. The largest absolute Gasteiger partial charge is 0.343 e. The molecule has 0 spiro atoms. The van der Waals surface area contributed by atoms with E-state index in [2.05, 4.69) is 18.7 Å². The third kappa shape index (κ3) is 9.48. The zero-order valence-corrected chi connectivity index (χ0v) is 15.2. The van der Waals surface area contributed by atoms with Gasteiger partial charge in [-0.05, 0) is 25.2 Å². The van der Waals surface area contributed by atoms with Crippen LogP contribution in [0.3, 0.4) is 0 Å². The number of rotatable bonds is 13. The zero-order valence-electron chi connectivity index (χ0n) is 15.2. The molecule has 0 aliphatic carbocycles. The molecule has 2 nitrogen and oxygen atoms in total. The lowest BCUT2D eigenvalue weighted by atomic mass is 9.99. The normalized spacial score (nSPS) is 16.2. The Balaban J connectivity index is 1.77. The molecular weight excluding hydrogens is 270 g/mol. The van der Waals surface area contributed by atoms with E-state index in [0.717, 1.165) is 31.8 Å². The summed E-state index contributed by atoms with van der Waals surface area (Å²) >= 11 is 0. The molecule has 0 radical (unpaired) electrons. The molecule has 1 fully saturated rings. The van der Waals surface area contributed by atoms with E-state index in [0.29, 0.717) is 5.91 Å². The van der Waals surface area contributed by atoms with Gasteiger partial charge in [0, 0.05) is 19.5 Å². The van der Waals surface area contributed by atoms with E-state index in [1.54, 1.807) is 0 Å². The number of amides is 1. The highest BCUT2D eigenvalue weighted by Crippen LogP contribution is 2.16. The van der Waals surface area contributed by atoms with Crippen molar-refractivity contribution in [3.63, 3.8) is 0 Å². The molecule has 1 heterocycles. The van der Waals surface area contributed by atoms with Crippen molar-refractivity contribution >= 4 is 5.91 Å². The van der Waals surface area contributed by atoms with Crippen LogP contribution in [0.4, 0.5) is 0 Å². The summed E-state index contributed by atoms with van der Waals surface area (Å²) in [6, 6.07) is 0. The maximum atomic E-state index is 11.9. The Bertz CT molecular complexity index is 271. The maximum absolute atomic E-state index is 11.9. The summed E-state index contributed by atoms with van der Waals surface area (Å²) in [5.41, 5.74) is 0. The van der Waals surface area contributed by atoms with Crippen LogP contribution in [-0.2, 0) is 4.79 Å². The Morgan fingerprint density at radius 3 is 1.91 bits per heavy atom. The molecule has 0 bridgehead atoms. The van der Waals surface area contributed by atoms with Gasteiger partial charge in [-0.2, -0.15) is 0 Å². The lowest BCUT2D eigenvalue weighted by Crippen LogP contribution is -2.27. The minimum Gasteiger partial charge on any atom is -0.343 e. The predicted octanol–water partition coefficient (Wildman–Crippen LogP) is 5.95. The molecule has 0 aromatic carbocycles. The van der Waals surface area contributed by atoms with E-state index in [1.165, 1.54) is 77.0 Å². The van der Waals surface area contributed by atoms with Gasteiger partial charge in [0.1, 0.15) is 0 Å². The summed E-state index contributed by atoms with van der Waals surface area (Å²) in [5, 5.41) is 0. The van der Waals surface area contributed by atoms with E-state index in [9.17, 15) is 4.79 Å². The average molecular weight is 310 g/mol. The van der Waals surface area contributed by atoms with E-state index in [-0.39, 0.29) is 0 Å². The van der Waals surface area contributed by atoms with Gasteiger partial charge in [0.2, 0.25) is 5.91 Å². The van der Waals surface area contributed by atoms with Gasteiger partial charge in [-0.1, -0.05) is 78.1 Å². The van der Waals surface area contributed by atoms with Crippen LogP contribution in [0.2, 0.25) is 0 Å². The van der Waals surface area contributed by atoms with Gasteiger partial charge in [0.15, 0.2) is 0 Å². The van der Waals surface area contributed by atoms with Crippen LogP contribution in [0.15, 0.2) is 0 Å². The van der Waals surface area contributed by atoms with Crippen LogP contribution in [0.25, 0.3) is 0 Å². The third-order valence-corrected chi connectivity index (χ3v) is 5.24. The van der Waals surface area contributed by atoms with Crippen LogP contribution in [0, 0.1) is 5.92 Å². The first-order chi connectivity index (χ1) is 10.7. The first kappa shape index (κ1) is 19.5. The molecule has 1 atom stereocenters. The summed E-state index contributed by atoms with van der Waals surface area (Å²) < 4.78 is 0. The minimum atomic E-state index is 0.402. The molecule has 1 aliphatic heterocycles. The molecule has 1 aliphatic rings. The number of unbranched alkanes of at least 4 members (excludes halogenated alkanes) is 8. The molecular formula is C20H39NO.